The third-order valence-electron chi connectivity index (χ3n) is 14.8. The van der Waals surface area contributed by atoms with Crippen LogP contribution in [0.5, 0.6) is 0 Å². The van der Waals surface area contributed by atoms with Crippen molar-refractivity contribution in [2.75, 3.05) is 19.8 Å². The summed E-state index contributed by atoms with van der Waals surface area (Å²) in [6.45, 7) is 5.64. The van der Waals surface area contributed by atoms with Crippen molar-refractivity contribution in [3.05, 3.63) is 179 Å². The van der Waals surface area contributed by atoms with E-state index in [1.807, 2.05) is 0 Å². The molecule has 0 spiro atoms. The highest BCUT2D eigenvalue weighted by Gasteiger charge is 2.32. The summed E-state index contributed by atoms with van der Waals surface area (Å²) in [5, 5.41) is 0. The maximum Gasteiger partial charge on any atom is 0.305 e. The molecule has 67 heavy (non-hydrogen) atoms. The van der Waals surface area contributed by atoms with Crippen molar-refractivity contribution >= 4 is 17.9 Å². The van der Waals surface area contributed by atoms with Gasteiger partial charge in [0.2, 0.25) is 0 Å². The second kappa shape index (κ2) is 21.1. The first kappa shape index (κ1) is 45.9. The van der Waals surface area contributed by atoms with Gasteiger partial charge >= 0.3 is 17.9 Å². The summed E-state index contributed by atoms with van der Waals surface area (Å²) in [5.74, 6) is 0.0885. The Balaban J connectivity index is 0.741. The van der Waals surface area contributed by atoms with E-state index in [2.05, 4.69) is 159 Å². The molecule has 9 rings (SSSR count). The highest BCUT2D eigenvalue weighted by molar-refractivity contribution is 5.81. The summed E-state index contributed by atoms with van der Waals surface area (Å²) in [6.07, 6.45) is 9.27. The molecule has 0 aromatic heterocycles. The van der Waals surface area contributed by atoms with Gasteiger partial charge in [0.15, 0.2) is 0 Å². The first-order valence-corrected chi connectivity index (χ1v) is 24.8. The van der Waals surface area contributed by atoms with E-state index >= 15 is 0 Å². The molecule has 0 bridgehead atoms. The summed E-state index contributed by atoms with van der Waals surface area (Å²) in [5.41, 5.74) is 14.7. The van der Waals surface area contributed by atoms with E-state index in [1.165, 1.54) is 66.8 Å². The number of ether oxygens (including phenoxy) is 3. The highest BCUT2D eigenvalue weighted by Crippen LogP contribution is 2.47. The predicted molar refractivity (Wildman–Crippen MR) is 267 cm³/mol. The van der Waals surface area contributed by atoms with Crippen molar-refractivity contribution in [1.29, 1.82) is 0 Å². The SMILES string of the molecule is CC(C)(CCCC(=O)OCC1c2ccccc2-c2ccccc21)CCCC(CCCC(=O)OCC1c2ccccc2-c2ccccc21)CCCC(=O)OCC1c2ccccc2-c2ccccc21. The fraction of sp³-hybridized carbons (Fsp3) is 0.361. The van der Waals surface area contributed by atoms with Crippen molar-refractivity contribution in [2.24, 2.45) is 11.3 Å². The number of rotatable bonds is 22. The summed E-state index contributed by atoms with van der Waals surface area (Å²) < 4.78 is 17.8. The monoisotopic (exact) mass is 892 g/mol. The zero-order valence-corrected chi connectivity index (χ0v) is 39.2. The molecule has 0 saturated heterocycles. The number of esters is 3. The van der Waals surface area contributed by atoms with Gasteiger partial charge in [-0.2, -0.15) is 0 Å². The van der Waals surface area contributed by atoms with Gasteiger partial charge in [0.1, 0.15) is 19.8 Å². The molecule has 3 aliphatic rings. The number of fused-ring (bicyclic) bond motifs is 9. The topological polar surface area (TPSA) is 78.9 Å². The molecule has 0 aliphatic heterocycles. The molecular formula is C61H64O6. The maximum atomic E-state index is 13.2. The molecule has 344 valence electrons. The Morgan fingerprint density at radius 1 is 0.388 bits per heavy atom. The zero-order chi connectivity index (χ0) is 46.2. The lowest BCUT2D eigenvalue weighted by Crippen LogP contribution is -2.16. The Kier molecular flexibility index (Phi) is 14.5. The lowest BCUT2D eigenvalue weighted by molar-refractivity contribution is -0.145. The predicted octanol–water partition coefficient (Wildman–Crippen LogP) is 14.4. The average Bonchev–Trinajstić information content (AvgIpc) is 3.97. The molecule has 0 saturated carbocycles. The lowest BCUT2D eigenvalue weighted by Gasteiger charge is -2.26. The van der Waals surface area contributed by atoms with Gasteiger partial charge < -0.3 is 14.2 Å². The van der Waals surface area contributed by atoms with Crippen LogP contribution in [0, 0.1) is 11.3 Å². The molecular weight excluding hydrogens is 829 g/mol. The Bertz CT molecular complexity index is 2440. The average molecular weight is 893 g/mol. The summed E-state index contributed by atoms with van der Waals surface area (Å²) in [7, 11) is 0. The van der Waals surface area contributed by atoms with Crippen LogP contribution in [-0.2, 0) is 28.6 Å². The Morgan fingerprint density at radius 3 is 0.955 bits per heavy atom. The molecule has 0 atom stereocenters. The molecule has 6 nitrogen and oxygen atoms in total. The molecule has 0 heterocycles. The van der Waals surface area contributed by atoms with E-state index < -0.39 is 0 Å². The van der Waals surface area contributed by atoms with Crippen molar-refractivity contribution in [2.45, 2.75) is 109 Å². The van der Waals surface area contributed by atoms with Gasteiger partial charge in [-0.05, 0) is 123 Å². The second-order valence-corrected chi connectivity index (χ2v) is 19.8. The smallest absolute Gasteiger partial charge is 0.305 e. The molecule has 3 aliphatic carbocycles. The minimum atomic E-state index is -0.156. The van der Waals surface area contributed by atoms with Crippen LogP contribution in [0.25, 0.3) is 33.4 Å². The normalized spacial score (nSPS) is 13.7. The molecule has 6 aromatic rings. The fourth-order valence-corrected chi connectivity index (χ4v) is 11.3. The second-order valence-electron chi connectivity index (χ2n) is 19.8. The van der Waals surface area contributed by atoms with E-state index in [4.69, 9.17) is 14.2 Å². The zero-order valence-electron chi connectivity index (χ0n) is 39.2. The Labute approximate surface area is 397 Å². The first-order chi connectivity index (χ1) is 32.7. The van der Waals surface area contributed by atoms with Crippen molar-refractivity contribution in [1.82, 2.24) is 0 Å². The van der Waals surface area contributed by atoms with Gasteiger partial charge in [-0.15, -0.1) is 0 Å². The lowest BCUT2D eigenvalue weighted by atomic mass is 9.80. The molecule has 0 N–H and O–H groups in total. The van der Waals surface area contributed by atoms with E-state index in [9.17, 15) is 14.4 Å². The van der Waals surface area contributed by atoms with Gasteiger partial charge in [0, 0.05) is 37.0 Å². The van der Waals surface area contributed by atoms with Crippen LogP contribution in [0.3, 0.4) is 0 Å². The Morgan fingerprint density at radius 2 is 0.642 bits per heavy atom. The maximum absolute atomic E-state index is 13.2. The van der Waals surface area contributed by atoms with E-state index in [0.29, 0.717) is 45.0 Å². The summed E-state index contributed by atoms with van der Waals surface area (Å²) in [6, 6.07) is 50.5. The number of carbonyl (C=O) groups excluding carboxylic acids is 3. The van der Waals surface area contributed by atoms with Crippen LogP contribution >= 0.6 is 0 Å². The first-order valence-electron chi connectivity index (χ1n) is 24.8. The van der Waals surface area contributed by atoms with Gasteiger partial charge in [0.25, 0.3) is 0 Å². The number of hydrogen-bond donors (Lipinski definition) is 0. The van der Waals surface area contributed by atoms with Gasteiger partial charge in [-0.25, -0.2) is 0 Å². The van der Waals surface area contributed by atoms with E-state index in [-0.39, 0.29) is 41.1 Å². The summed E-state index contributed by atoms with van der Waals surface area (Å²) in [4.78, 5) is 39.5. The largest absolute Gasteiger partial charge is 0.465 e. The van der Waals surface area contributed by atoms with Crippen molar-refractivity contribution in [3.63, 3.8) is 0 Å². The van der Waals surface area contributed by atoms with Crippen molar-refractivity contribution < 1.29 is 28.6 Å². The minimum Gasteiger partial charge on any atom is -0.465 e. The molecule has 6 heteroatoms. The van der Waals surface area contributed by atoms with Crippen LogP contribution < -0.4 is 0 Å². The third-order valence-corrected chi connectivity index (χ3v) is 14.8. The number of carbonyl (C=O) groups is 3. The quantitative estimate of drug-likeness (QED) is 0.0499. The van der Waals surface area contributed by atoms with Crippen LogP contribution in [0.15, 0.2) is 146 Å². The fourth-order valence-electron chi connectivity index (χ4n) is 11.3. The van der Waals surface area contributed by atoms with Crippen LogP contribution in [0.4, 0.5) is 0 Å². The Hall–Kier alpha value is -6.27. The van der Waals surface area contributed by atoms with Crippen LogP contribution in [-0.4, -0.2) is 37.7 Å². The van der Waals surface area contributed by atoms with Gasteiger partial charge in [-0.1, -0.05) is 172 Å². The number of benzene rings is 6. The van der Waals surface area contributed by atoms with Crippen molar-refractivity contribution in [3.8, 4) is 33.4 Å². The molecule has 0 unspecified atom stereocenters. The van der Waals surface area contributed by atoms with Crippen LogP contribution in [0.2, 0.25) is 0 Å². The molecule has 0 amide bonds. The number of hydrogen-bond acceptors (Lipinski definition) is 6. The molecule has 6 aromatic carbocycles. The van der Waals surface area contributed by atoms with E-state index in [1.54, 1.807) is 0 Å². The third kappa shape index (κ3) is 10.6. The minimum absolute atomic E-state index is 0.0456. The standard InChI is InChI=1S/C61H64O6/c1-61(2,38-18-36-60(64)67-41-57-53-32-13-7-26-47(53)48-27-8-14-33-54(48)57)37-17-21-42(19-15-34-58(62)65-39-55-49-28-9-3-22-43(49)44-23-4-10-29-50(44)55)20-16-35-59(63)66-40-56-51-30-11-5-24-45(51)46-25-6-12-31-52(46)56/h3-14,22-33,42,55-57H,15-21,34-41H2,1-2H3. The van der Waals surface area contributed by atoms with E-state index in [0.717, 1.165) is 57.8 Å². The molecule has 0 radical (unpaired) electrons. The van der Waals surface area contributed by atoms with Crippen LogP contribution in [0.1, 0.15) is 142 Å². The van der Waals surface area contributed by atoms with Gasteiger partial charge in [0.05, 0.1) is 0 Å². The molecule has 0 fully saturated rings. The summed E-state index contributed by atoms with van der Waals surface area (Å²) >= 11 is 0. The highest BCUT2D eigenvalue weighted by atomic mass is 16.5. The van der Waals surface area contributed by atoms with Gasteiger partial charge in [-0.3, -0.25) is 14.4 Å².